The van der Waals surface area contributed by atoms with Crippen LogP contribution in [-0.2, 0) is 6.42 Å². The number of hydrogen-bond donors (Lipinski definition) is 4. The number of benzene rings is 1. The number of hydrogen-bond acceptors (Lipinski definition) is 6. The average molecular weight is 312 g/mol. The van der Waals surface area contributed by atoms with Crippen molar-refractivity contribution in [2.45, 2.75) is 6.42 Å². The van der Waals surface area contributed by atoms with E-state index >= 15 is 0 Å². The Hall–Kier alpha value is -2.16. The first-order chi connectivity index (χ1) is 9.88. The molecule has 8 nitrogen and oxygen atoms in total. The van der Waals surface area contributed by atoms with Gasteiger partial charge in [-0.1, -0.05) is 6.07 Å². The molecule has 1 aromatic carbocycles. The minimum absolute atomic E-state index is 0. The van der Waals surface area contributed by atoms with Gasteiger partial charge in [0.15, 0.2) is 0 Å². The van der Waals surface area contributed by atoms with Gasteiger partial charge in [0.1, 0.15) is 5.82 Å². The van der Waals surface area contributed by atoms with Crippen LogP contribution in [-0.4, -0.2) is 61.7 Å². The first-order valence-corrected chi connectivity index (χ1v) is 5.85. The molecule has 2 aromatic rings. The summed E-state index contributed by atoms with van der Waals surface area (Å²) in [5.41, 5.74) is 11.7. The molecule has 0 spiro atoms. The van der Waals surface area contributed by atoms with Gasteiger partial charge in [0.2, 0.25) is 5.95 Å². The minimum atomic E-state index is -1.31. The van der Waals surface area contributed by atoms with Crippen LogP contribution in [0.25, 0.3) is 0 Å². The monoisotopic (exact) mass is 312 g/mol. The fourth-order valence-corrected chi connectivity index (χ4v) is 1.86. The fourth-order valence-electron chi connectivity index (χ4n) is 1.86. The van der Waals surface area contributed by atoms with E-state index in [-0.39, 0.29) is 58.9 Å². The zero-order valence-corrected chi connectivity index (χ0v) is 10.8. The molecule has 0 fully saturated rings. The predicted octanol–water partition coefficient (Wildman–Crippen LogP) is -0.0203. The summed E-state index contributed by atoms with van der Waals surface area (Å²) < 4.78 is 0. The van der Waals surface area contributed by atoms with Crippen molar-refractivity contribution in [2.24, 2.45) is 0 Å². The Labute approximate surface area is 147 Å². The summed E-state index contributed by atoms with van der Waals surface area (Å²) in [4.78, 5) is 29.7. The second-order valence-corrected chi connectivity index (χ2v) is 4.31. The second-order valence-electron chi connectivity index (χ2n) is 4.31. The SMILES string of the molecule is Nc1ncc(Cc2ccc(C(=O)O)c(C(=O)O)c2)c(N)n1.[NaH]. The second kappa shape index (κ2) is 7.21. The van der Waals surface area contributed by atoms with Crippen LogP contribution in [0.2, 0.25) is 0 Å². The normalized spacial score (nSPS) is 9.82. The number of carbonyl (C=O) groups is 2. The Morgan fingerprint density at radius 2 is 1.73 bits per heavy atom. The molecule has 1 heterocycles. The molecule has 1 aromatic heterocycles. The van der Waals surface area contributed by atoms with Crippen molar-refractivity contribution in [1.29, 1.82) is 0 Å². The molecule has 0 aliphatic rings. The third kappa shape index (κ3) is 3.94. The van der Waals surface area contributed by atoms with Crippen molar-refractivity contribution >= 4 is 53.3 Å². The molecular formula is C13H13N4NaO4. The molecule has 0 bridgehead atoms. The van der Waals surface area contributed by atoms with Crippen molar-refractivity contribution < 1.29 is 19.8 Å². The van der Waals surface area contributed by atoms with E-state index in [9.17, 15) is 9.59 Å². The number of aromatic carboxylic acids is 2. The molecule has 0 unspecified atom stereocenters. The Morgan fingerprint density at radius 1 is 1.09 bits per heavy atom. The van der Waals surface area contributed by atoms with Crippen molar-refractivity contribution in [3.05, 3.63) is 46.6 Å². The van der Waals surface area contributed by atoms with Crippen molar-refractivity contribution in [3.8, 4) is 0 Å². The number of aromatic nitrogens is 2. The number of nitrogen functional groups attached to an aromatic ring is 2. The molecule has 110 valence electrons. The number of anilines is 2. The molecule has 0 saturated heterocycles. The number of carboxylic acid groups (broad SMARTS) is 2. The Kier molecular flexibility index (Phi) is 5.86. The summed E-state index contributed by atoms with van der Waals surface area (Å²) in [6, 6.07) is 4.06. The van der Waals surface area contributed by atoms with Crippen LogP contribution in [0.15, 0.2) is 24.4 Å². The molecule has 0 saturated carbocycles. The summed E-state index contributed by atoms with van der Waals surface area (Å²) >= 11 is 0. The van der Waals surface area contributed by atoms with Gasteiger partial charge in [-0.05, 0) is 17.7 Å². The molecule has 6 N–H and O–H groups in total. The van der Waals surface area contributed by atoms with Gasteiger partial charge in [-0.15, -0.1) is 0 Å². The van der Waals surface area contributed by atoms with E-state index in [4.69, 9.17) is 21.7 Å². The van der Waals surface area contributed by atoms with Crippen LogP contribution in [0.1, 0.15) is 31.8 Å². The summed E-state index contributed by atoms with van der Waals surface area (Å²) in [5.74, 6) is -2.37. The molecule has 0 atom stereocenters. The molecule has 22 heavy (non-hydrogen) atoms. The summed E-state index contributed by atoms with van der Waals surface area (Å²) in [5, 5.41) is 18.0. The van der Waals surface area contributed by atoms with Crippen LogP contribution in [0, 0.1) is 0 Å². The molecular weight excluding hydrogens is 299 g/mol. The molecule has 9 heteroatoms. The first-order valence-electron chi connectivity index (χ1n) is 5.85. The van der Waals surface area contributed by atoms with Crippen molar-refractivity contribution in [3.63, 3.8) is 0 Å². The third-order valence-electron chi connectivity index (χ3n) is 2.86. The molecule has 0 aliphatic heterocycles. The van der Waals surface area contributed by atoms with E-state index in [0.29, 0.717) is 11.1 Å². The summed E-state index contributed by atoms with van der Waals surface area (Å²) in [6.45, 7) is 0. The average Bonchev–Trinajstić information content (AvgIpc) is 2.41. The van der Waals surface area contributed by atoms with Gasteiger partial charge in [0.25, 0.3) is 0 Å². The summed E-state index contributed by atoms with van der Waals surface area (Å²) in [6.07, 6.45) is 1.72. The Balaban J connectivity index is 0.00000242. The zero-order chi connectivity index (χ0) is 15.6. The van der Waals surface area contributed by atoms with Gasteiger partial charge in [-0.25, -0.2) is 14.6 Å². The number of nitrogens with two attached hydrogens (primary N) is 2. The van der Waals surface area contributed by atoms with Gasteiger partial charge < -0.3 is 21.7 Å². The molecule has 0 aliphatic carbocycles. The topological polar surface area (TPSA) is 152 Å². The quantitative estimate of drug-likeness (QED) is 0.575. The predicted molar refractivity (Wildman–Crippen MR) is 81.2 cm³/mol. The van der Waals surface area contributed by atoms with Gasteiger partial charge in [-0.2, -0.15) is 4.98 Å². The van der Waals surface area contributed by atoms with Crippen LogP contribution < -0.4 is 11.5 Å². The number of carboxylic acids is 2. The third-order valence-corrected chi connectivity index (χ3v) is 2.86. The maximum atomic E-state index is 11.1. The van der Waals surface area contributed by atoms with E-state index in [1.54, 1.807) is 0 Å². The van der Waals surface area contributed by atoms with Crippen LogP contribution in [0.5, 0.6) is 0 Å². The van der Waals surface area contributed by atoms with Crippen molar-refractivity contribution in [1.82, 2.24) is 9.97 Å². The van der Waals surface area contributed by atoms with Gasteiger partial charge in [0, 0.05) is 18.2 Å². The molecule has 0 radical (unpaired) electrons. The van der Waals surface area contributed by atoms with Crippen LogP contribution in [0.3, 0.4) is 0 Å². The van der Waals surface area contributed by atoms with Crippen LogP contribution >= 0.6 is 0 Å². The van der Waals surface area contributed by atoms with Gasteiger partial charge in [0.05, 0.1) is 11.1 Å². The molecule has 0 amide bonds. The van der Waals surface area contributed by atoms with Gasteiger partial charge in [-0.3, -0.25) is 0 Å². The number of nitrogens with zero attached hydrogens (tertiary/aromatic N) is 2. The Bertz CT molecular complexity index is 736. The zero-order valence-electron chi connectivity index (χ0n) is 10.8. The number of rotatable bonds is 4. The summed E-state index contributed by atoms with van der Waals surface area (Å²) in [7, 11) is 0. The first kappa shape index (κ1) is 17.9. The fraction of sp³-hybridized carbons (Fsp3) is 0.0769. The maximum absolute atomic E-state index is 11.1. The van der Waals surface area contributed by atoms with Crippen LogP contribution in [0.4, 0.5) is 11.8 Å². The van der Waals surface area contributed by atoms with E-state index in [2.05, 4.69) is 9.97 Å². The standard InChI is InChI=1S/C13H12N4O4.Na.H/c14-10-7(5-16-13(15)17-10)3-6-1-2-8(11(18)19)9(4-6)12(20)21;;/h1-2,4-5H,3H2,(H,18,19)(H,20,21)(H4,14,15,16,17);;. The van der Waals surface area contributed by atoms with E-state index < -0.39 is 11.9 Å². The van der Waals surface area contributed by atoms with E-state index in [0.717, 1.165) is 0 Å². The molecule has 2 rings (SSSR count). The van der Waals surface area contributed by atoms with Gasteiger partial charge >= 0.3 is 41.5 Å². The van der Waals surface area contributed by atoms with E-state index in [1.165, 1.54) is 24.4 Å². The van der Waals surface area contributed by atoms with E-state index in [1.807, 2.05) is 0 Å². The Morgan fingerprint density at radius 3 is 2.27 bits per heavy atom. The van der Waals surface area contributed by atoms with Crippen molar-refractivity contribution in [2.75, 3.05) is 11.5 Å².